The minimum Gasteiger partial charge on any atom is -0.487 e. The van der Waals surface area contributed by atoms with E-state index in [1.807, 2.05) is 12.1 Å². The van der Waals surface area contributed by atoms with Gasteiger partial charge < -0.3 is 15.2 Å². The summed E-state index contributed by atoms with van der Waals surface area (Å²) in [6.07, 6.45) is -1.71. The van der Waals surface area contributed by atoms with Crippen LogP contribution in [0.25, 0.3) is 10.8 Å². The number of carboxylic acid groups (broad SMARTS) is 1. The maximum Gasteiger partial charge on any atom is 0.416 e. The molecule has 0 spiro atoms. The molecule has 0 bridgehead atoms. The minimum absolute atomic E-state index is 0.0266. The lowest BCUT2D eigenvalue weighted by molar-refractivity contribution is -0.137. The highest BCUT2D eigenvalue weighted by atomic mass is 19.4. The van der Waals surface area contributed by atoms with Gasteiger partial charge in [0.05, 0.1) is 11.1 Å². The lowest BCUT2D eigenvalue weighted by Gasteiger charge is -2.27. The molecule has 3 aromatic rings. The topological polar surface area (TPSA) is 75.6 Å². The van der Waals surface area contributed by atoms with Gasteiger partial charge in [-0.25, -0.2) is 4.39 Å². The third-order valence-corrected chi connectivity index (χ3v) is 5.32. The molecule has 33 heavy (non-hydrogen) atoms. The number of hydrogen-bond acceptors (Lipinski definition) is 3. The van der Waals surface area contributed by atoms with Crippen LogP contribution in [0, 0.1) is 5.82 Å². The number of benzene rings is 3. The lowest BCUT2D eigenvalue weighted by Crippen LogP contribution is -2.39. The monoisotopic (exact) mass is 463 g/mol. The summed E-state index contributed by atoms with van der Waals surface area (Å²) in [4.78, 5) is 21.1. The molecule has 5 nitrogen and oxygen atoms in total. The molecule has 0 aliphatic heterocycles. The Morgan fingerprint density at radius 2 is 1.82 bits per heavy atom. The number of ether oxygens (including phenoxy) is 1. The smallest absolute Gasteiger partial charge is 0.416 e. The summed E-state index contributed by atoms with van der Waals surface area (Å²) in [6, 6.07) is 13.2. The Balaban J connectivity index is 0.000000968. The fraction of sp³-hybridized carbons (Fsp3) is 0.250. The summed E-state index contributed by atoms with van der Waals surface area (Å²) in [5.41, 5.74) is -0.774. The van der Waals surface area contributed by atoms with Crippen LogP contribution >= 0.6 is 0 Å². The van der Waals surface area contributed by atoms with Crippen molar-refractivity contribution in [3.8, 4) is 5.75 Å². The van der Waals surface area contributed by atoms with E-state index in [1.165, 1.54) is 0 Å². The number of halogens is 4. The number of fused-ring (bicyclic) bond motifs is 1. The van der Waals surface area contributed by atoms with Crippen molar-refractivity contribution in [1.82, 2.24) is 5.32 Å². The van der Waals surface area contributed by atoms with E-state index >= 15 is 0 Å². The van der Waals surface area contributed by atoms with Crippen molar-refractivity contribution in [3.63, 3.8) is 0 Å². The highest BCUT2D eigenvalue weighted by Crippen LogP contribution is 2.33. The van der Waals surface area contributed by atoms with E-state index in [9.17, 15) is 22.4 Å². The molecule has 1 saturated carbocycles. The number of alkyl halides is 3. The highest BCUT2D eigenvalue weighted by Gasteiger charge is 2.31. The number of nitrogens with one attached hydrogen (secondary N) is 1. The molecule has 0 aromatic heterocycles. The van der Waals surface area contributed by atoms with Gasteiger partial charge in [0, 0.05) is 17.0 Å². The molecule has 2 N–H and O–H groups in total. The molecular formula is C24H21F4NO4. The first-order valence-electron chi connectivity index (χ1n) is 10.1. The predicted molar refractivity (Wildman–Crippen MR) is 113 cm³/mol. The standard InChI is InChI=1S/C23H19F4NO2.CH2O2/c24-20-12-16(23(25,26)27)10-8-15(20)13-30-21-18-7-2-1-4-14(18)9-11-19(21)22(29)28-17-5-3-6-17;2-1-3/h1-2,4,7-12,17H,3,5-6,13H2,(H,28,29);1H,(H,2,3). The Hall–Kier alpha value is -3.62. The zero-order chi connectivity index (χ0) is 24.0. The molecule has 0 saturated heterocycles. The van der Waals surface area contributed by atoms with E-state index in [-0.39, 0.29) is 36.3 Å². The normalized spacial score (nSPS) is 13.5. The highest BCUT2D eigenvalue weighted by molar-refractivity contribution is 6.04. The molecule has 0 radical (unpaired) electrons. The fourth-order valence-corrected chi connectivity index (χ4v) is 3.38. The van der Waals surface area contributed by atoms with Crippen molar-refractivity contribution in [2.75, 3.05) is 0 Å². The molecule has 9 heteroatoms. The van der Waals surface area contributed by atoms with Crippen LogP contribution in [0.5, 0.6) is 5.75 Å². The van der Waals surface area contributed by atoms with Gasteiger partial charge >= 0.3 is 6.18 Å². The number of carbonyl (C=O) groups is 2. The predicted octanol–water partition coefficient (Wildman–Crippen LogP) is 5.56. The van der Waals surface area contributed by atoms with Gasteiger partial charge in [0.25, 0.3) is 12.4 Å². The summed E-state index contributed by atoms with van der Waals surface area (Å²) in [7, 11) is 0. The number of amides is 1. The summed E-state index contributed by atoms with van der Waals surface area (Å²) in [5, 5.41) is 11.3. The molecule has 1 fully saturated rings. The van der Waals surface area contributed by atoms with E-state index in [1.54, 1.807) is 24.3 Å². The van der Waals surface area contributed by atoms with Crippen molar-refractivity contribution >= 4 is 23.2 Å². The Morgan fingerprint density at radius 1 is 1.12 bits per heavy atom. The summed E-state index contributed by atoms with van der Waals surface area (Å²) in [5.74, 6) is -1.01. The van der Waals surface area contributed by atoms with Gasteiger partial charge in [-0.2, -0.15) is 13.2 Å². The first-order chi connectivity index (χ1) is 15.7. The second-order valence-electron chi connectivity index (χ2n) is 7.46. The zero-order valence-corrected chi connectivity index (χ0v) is 17.4. The quantitative estimate of drug-likeness (QED) is 0.384. The van der Waals surface area contributed by atoms with Crippen LogP contribution in [-0.2, 0) is 17.6 Å². The van der Waals surface area contributed by atoms with Crippen LogP contribution in [0.15, 0.2) is 54.6 Å². The number of hydrogen-bond donors (Lipinski definition) is 2. The molecule has 0 atom stereocenters. The van der Waals surface area contributed by atoms with Gasteiger partial charge in [-0.05, 0) is 42.8 Å². The largest absolute Gasteiger partial charge is 0.487 e. The third-order valence-electron chi connectivity index (χ3n) is 5.32. The van der Waals surface area contributed by atoms with E-state index in [0.29, 0.717) is 17.0 Å². The van der Waals surface area contributed by atoms with Crippen LogP contribution in [0.3, 0.4) is 0 Å². The molecule has 0 unspecified atom stereocenters. The van der Waals surface area contributed by atoms with Crippen molar-refractivity contribution in [2.45, 2.75) is 38.1 Å². The molecule has 1 aliphatic carbocycles. The van der Waals surface area contributed by atoms with Gasteiger partial charge in [-0.3, -0.25) is 9.59 Å². The van der Waals surface area contributed by atoms with Gasteiger partial charge in [0.2, 0.25) is 0 Å². The van der Waals surface area contributed by atoms with Crippen molar-refractivity contribution in [3.05, 3.63) is 77.1 Å². The lowest BCUT2D eigenvalue weighted by atomic mass is 9.92. The first-order valence-corrected chi connectivity index (χ1v) is 10.1. The van der Waals surface area contributed by atoms with E-state index < -0.39 is 17.6 Å². The minimum atomic E-state index is -4.62. The van der Waals surface area contributed by atoms with Crippen LogP contribution in [-0.4, -0.2) is 23.5 Å². The van der Waals surface area contributed by atoms with Crippen molar-refractivity contribution < 1.29 is 37.0 Å². The van der Waals surface area contributed by atoms with Crippen molar-refractivity contribution in [2.24, 2.45) is 0 Å². The van der Waals surface area contributed by atoms with Crippen LogP contribution in [0.4, 0.5) is 17.6 Å². The van der Waals surface area contributed by atoms with E-state index in [2.05, 4.69) is 5.32 Å². The van der Waals surface area contributed by atoms with E-state index in [0.717, 1.165) is 36.8 Å². The van der Waals surface area contributed by atoms with Crippen LogP contribution < -0.4 is 10.1 Å². The molecule has 1 amide bonds. The Morgan fingerprint density at radius 3 is 2.42 bits per heavy atom. The van der Waals surface area contributed by atoms with Gasteiger partial charge in [-0.1, -0.05) is 36.4 Å². The summed E-state index contributed by atoms with van der Waals surface area (Å²) in [6.45, 7) is -0.554. The molecule has 4 rings (SSSR count). The number of carbonyl (C=O) groups excluding carboxylic acids is 1. The Kier molecular flexibility index (Phi) is 7.52. The fourth-order valence-electron chi connectivity index (χ4n) is 3.38. The molecule has 174 valence electrons. The molecule has 3 aromatic carbocycles. The Bertz CT molecular complexity index is 1140. The average Bonchev–Trinajstić information content (AvgIpc) is 2.75. The summed E-state index contributed by atoms with van der Waals surface area (Å²) < 4.78 is 58.3. The van der Waals surface area contributed by atoms with Gasteiger partial charge in [0.15, 0.2) is 0 Å². The third kappa shape index (κ3) is 5.79. The summed E-state index contributed by atoms with van der Waals surface area (Å²) >= 11 is 0. The van der Waals surface area contributed by atoms with Crippen molar-refractivity contribution in [1.29, 1.82) is 0 Å². The first kappa shape index (κ1) is 24.0. The van der Waals surface area contributed by atoms with E-state index in [4.69, 9.17) is 14.6 Å². The number of rotatable bonds is 5. The maximum atomic E-state index is 14.2. The zero-order valence-electron chi connectivity index (χ0n) is 17.4. The van der Waals surface area contributed by atoms with Gasteiger partial charge in [-0.15, -0.1) is 0 Å². The second kappa shape index (κ2) is 10.3. The average molecular weight is 463 g/mol. The molecule has 1 aliphatic rings. The van der Waals surface area contributed by atoms with Crippen LogP contribution in [0.1, 0.15) is 40.7 Å². The molecular weight excluding hydrogens is 442 g/mol. The maximum absolute atomic E-state index is 14.2. The SMILES string of the molecule is O=C(NC1CCC1)c1ccc2ccccc2c1OCc1ccc(C(F)(F)F)cc1F.O=CO. The van der Waals surface area contributed by atoms with Crippen LogP contribution in [0.2, 0.25) is 0 Å². The second-order valence-corrected chi connectivity index (χ2v) is 7.46. The Labute approximate surface area is 187 Å². The van der Waals surface area contributed by atoms with Gasteiger partial charge in [0.1, 0.15) is 18.2 Å². The molecule has 0 heterocycles.